The zero-order chi connectivity index (χ0) is 24.4. The molecule has 3 aliphatic rings. The summed E-state index contributed by atoms with van der Waals surface area (Å²) >= 11 is 0. The molecule has 9 nitrogen and oxygen atoms in total. The molecule has 1 aromatic carbocycles. The van der Waals surface area contributed by atoms with Crippen molar-refractivity contribution in [3.63, 3.8) is 0 Å². The Hall–Kier alpha value is -2.78. The Kier molecular flexibility index (Phi) is 7.15. The first-order chi connectivity index (χ1) is 17.1. The molecule has 9 heteroatoms. The van der Waals surface area contributed by atoms with Gasteiger partial charge < -0.3 is 19.6 Å². The van der Waals surface area contributed by atoms with Gasteiger partial charge in [0, 0.05) is 24.2 Å². The van der Waals surface area contributed by atoms with Crippen LogP contribution in [0.25, 0.3) is 11.0 Å². The van der Waals surface area contributed by atoms with Crippen molar-refractivity contribution in [2.75, 3.05) is 13.2 Å². The molecule has 2 bridgehead atoms. The number of carboxylic acid groups (broad SMARTS) is 1. The van der Waals surface area contributed by atoms with Crippen LogP contribution < -0.4 is 5.56 Å². The summed E-state index contributed by atoms with van der Waals surface area (Å²) in [7, 11) is 0. The van der Waals surface area contributed by atoms with Crippen LogP contribution in [-0.2, 0) is 9.63 Å². The van der Waals surface area contributed by atoms with E-state index < -0.39 is 17.2 Å². The molecule has 1 saturated carbocycles. The summed E-state index contributed by atoms with van der Waals surface area (Å²) in [5.41, 5.74) is 0.0537. The van der Waals surface area contributed by atoms with E-state index in [9.17, 15) is 14.7 Å². The van der Waals surface area contributed by atoms with Gasteiger partial charge in [-0.25, -0.2) is 9.78 Å². The second-order valence-electron chi connectivity index (χ2n) is 10.0. The SMILES string of the molecule is O=C(O)/C(=N\OCCO)c1nc2ccccc2n(C2C[C@H]3CCC[C@@H](C2)N3C2CCCCC2)c1=O. The largest absolute Gasteiger partial charge is 0.476 e. The van der Waals surface area contributed by atoms with Crippen molar-refractivity contribution in [1.29, 1.82) is 0 Å². The summed E-state index contributed by atoms with van der Waals surface area (Å²) in [4.78, 5) is 37.9. The van der Waals surface area contributed by atoms with E-state index in [0.717, 1.165) is 31.2 Å². The number of rotatable bonds is 7. The molecule has 188 valence electrons. The summed E-state index contributed by atoms with van der Waals surface area (Å²) in [5.74, 6) is -1.39. The van der Waals surface area contributed by atoms with Crippen molar-refractivity contribution in [3.05, 3.63) is 40.3 Å². The number of para-hydroxylation sites is 2. The van der Waals surface area contributed by atoms with Crippen LogP contribution >= 0.6 is 0 Å². The summed E-state index contributed by atoms with van der Waals surface area (Å²) < 4.78 is 1.77. The van der Waals surface area contributed by atoms with Crippen LogP contribution in [-0.4, -0.2) is 67.7 Å². The van der Waals surface area contributed by atoms with Crippen LogP contribution in [0, 0.1) is 0 Å². The quantitative estimate of drug-likeness (QED) is 0.354. The van der Waals surface area contributed by atoms with E-state index in [4.69, 9.17) is 9.94 Å². The second kappa shape index (κ2) is 10.5. The average molecular weight is 483 g/mol. The predicted octanol–water partition coefficient (Wildman–Crippen LogP) is 3.08. The molecule has 3 fully saturated rings. The van der Waals surface area contributed by atoms with Crippen molar-refractivity contribution in [2.45, 2.75) is 88.4 Å². The average Bonchev–Trinajstić information content (AvgIpc) is 2.86. The highest BCUT2D eigenvalue weighted by Gasteiger charge is 2.43. The van der Waals surface area contributed by atoms with Crippen molar-refractivity contribution in [1.82, 2.24) is 14.5 Å². The van der Waals surface area contributed by atoms with Gasteiger partial charge >= 0.3 is 5.97 Å². The molecular weight excluding hydrogens is 448 g/mol. The highest BCUT2D eigenvalue weighted by atomic mass is 16.6. The van der Waals surface area contributed by atoms with Crippen LogP contribution in [0.15, 0.2) is 34.2 Å². The fraction of sp³-hybridized carbons (Fsp3) is 0.615. The Balaban J connectivity index is 1.55. The first-order valence-corrected chi connectivity index (χ1v) is 12.9. The third kappa shape index (κ3) is 4.71. The molecule has 0 amide bonds. The predicted molar refractivity (Wildman–Crippen MR) is 132 cm³/mol. The van der Waals surface area contributed by atoms with Gasteiger partial charge in [-0.15, -0.1) is 0 Å². The van der Waals surface area contributed by atoms with Gasteiger partial charge in [0.2, 0.25) is 5.71 Å². The fourth-order valence-electron chi connectivity index (χ4n) is 6.58. The number of carbonyl (C=O) groups is 1. The van der Waals surface area contributed by atoms with Crippen molar-refractivity contribution in [2.24, 2.45) is 5.16 Å². The van der Waals surface area contributed by atoms with Crippen LogP contribution in [0.1, 0.15) is 75.9 Å². The third-order valence-electron chi connectivity index (χ3n) is 7.93. The number of nitrogens with zero attached hydrogens (tertiary/aromatic N) is 4. The number of carboxylic acids is 1. The van der Waals surface area contributed by atoms with Crippen LogP contribution in [0.4, 0.5) is 0 Å². The lowest BCUT2D eigenvalue weighted by atomic mass is 9.78. The van der Waals surface area contributed by atoms with Gasteiger partial charge in [-0.2, -0.15) is 0 Å². The zero-order valence-corrected chi connectivity index (χ0v) is 20.0. The molecule has 2 aromatic rings. The molecule has 5 rings (SSSR count). The lowest BCUT2D eigenvalue weighted by Crippen LogP contribution is -2.57. The fourth-order valence-corrected chi connectivity index (χ4v) is 6.58. The maximum absolute atomic E-state index is 13.8. The Morgan fingerprint density at radius 1 is 1.00 bits per heavy atom. The van der Waals surface area contributed by atoms with E-state index in [1.54, 1.807) is 10.6 Å². The van der Waals surface area contributed by atoms with Gasteiger partial charge in [0.05, 0.1) is 17.6 Å². The van der Waals surface area contributed by atoms with Crippen LogP contribution in [0.2, 0.25) is 0 Å². The molecule has 1 aromatic heterocycles. The molecule has 3 heterocycles. The monoisotopic (exact) mass is 482 g/mol. The van der Waals surface area contributed by atoms with E-state index in [1.165, 1.54) is 38.5 Å². The van der Waals surface area contributed by atoms with E-state index >= 15 is 0 Å². The van der Waals surface area contributed by atoms with Crippen molar-refractivity contribution >= 4 is 22.7 Å². The number of hydrogen-bond acceptors (Lipinski definition) is 7. The van der Waals surface area contributed by atoms with Crippen molar-refractivity contribution < 1.29 is 19.8 Å². The molecule has 1 aliphatic carbocycles. The molecular formula is C26H34N4O5. The number of aliphatic carboxylic acids is 1. The number of aliphatic hydroxyl groups excluding tert-OH is 1. The minimum Gasteiger partial charge on any atom is -0.476 e. The number of benzene rings is 1. The molecule has 2 N–H and O–H groups in total. The van der Waals surface area contributed by atoms with E-state index in [-0.39, 0.29) is 24.9 Å². The highest BCUT2D eigenvalue weighted by molar-refractivity contribution is 6.41. The van der Waals surface area contributed by atoms with Gasteiger partial charge in [0.25, 0.3) is 5.56 Å². The normalized spacial score (nSPS) is 26.1. The van der Waals surface area contributed by atoms with Gasteiger partial charge in [-0.05, 0) is 50.7 Å². The molecule has 35 heavy (non-hydrogen) atoms. The second-order valence-corrected chi connectivity index (χ2v) is 10.0. The lowest BCUT2D eigenvalue weighted by Gasteiger charge is -2.53. The number of hydrogen-bond donors (Lipinski definition) is 2. The maximum atomic E-state index is 13.8. The van der Waals surface area contributed by atoms with Gasteiger partial charge in [-0.1, -0.05) is 43.0 Å². The molecule has 2 saturated heterocycles. The molecule has 2 aliphatic heterocycles. The first-order valence-electron chi connectivity index (χ1n) is 12.9. The van der Waals surface area contributed by atoms with Crippen molar-refractivity contribution in [3.8, 4) is 0 Å². The number of aromatic nitrogens is 2. The summed E-state index contributed by atoms with van der Waals surface area (Å²) in [6.45, 7) is -0.477. The Labute approximate surface area is 204 Å². The molecule has 0 radical (unpaired) electrons. The summed E-state index contributed by atoms with van der Waals surface area (Å²) in [5, 5.41) is 22.4. The summed E-state index contributed by atoms with van der Waals surface area (Å²) in [6, 6.07) is 8.89. The maximum Gasteiger partial charge on any atom is 0.360 e. The van der Waals surface area contributed by atoms with E-state index in [2.05, 4.69) is 15.0 Å². The van der Waals surface area contributed by atoms with E-state index in [1.807, 2.05) is 18.2 Å². The standard InChI is InChI=1S/C26H34N4O5/c31-13-14-35-28-24(26(33)34)23-25(32)30(22-12-5-4-11-21(22)27-23)20-15-18-9-6-10-19(16-20)29(18)17-7-2-1-3-8-17/h4-5,11-12,17-20,31H,1-3,6-10,13-16H2,(H,33,34)/b28-24-/t18-,19+,20?. The summed E-state index contributed by atoms with van der Waals surface area (Å²) in [6.07, 6.45) is 11.7. The minimum absolute atomic E-state index is 0.0299. The lowest BCUT2D eigenvalue weighted by molar-refractivity contribution is -0.129. The van der Waals surface area contributed by atoms with Gasteiger partial charge in [0.1, 0.15) is 6.61 Å². The third-order valence-corrected chi connectivity index (χ3v) is 7.93. The molecule has 1 unspecified atom stereocenters. The van der Waals surface area contributed by atoms with Gasteiger partial charge in [-0.3, -0.25) is 9.69 Å². The van der Waals surface area contributed by atoms with Crippen LogP contribution in [0.3, 0.4) is 0 Å². The number of aliphatic hydroxyl groups is 1. The smallest absolute Gasteiger partial charge is 0.360 e. The van der Waals surface area contributed by atoms with E-state index in [0.29, 0.717) is 23.6 Å². The first kappa shape index (κ1) is 23.9. The Bertz CT molecular complexity index is 1140. The minimum atomic E-state index is -1.39. The number of oxime groups is 1. The molecule has 0 spiro atoms. The number of fused-ring (bicyclic) bond motifs is 3. The number of piperidine rings is 2. The topological polar surface area (TPSA) is 117 Å². The highest BCUT2D eigenvalue weighted by Crippen LogP contribution is 2.43. The Morgan fingerprint density at radius 3 is 2.37 bits per heavy atom. The Morgan fingerprint density at radius 2 is 1.69 bits per heavy atom. The molecule has 3 atom stereocenters. The zero-order valence-electron chi connectivity index (χ0n) is 20.0. The van der Waals surface area contributed by atoms with Crippen LogP contribution in [0.5, 0.6) is 0 Å². The van der Waals surface area contributed by atoms with Gasteiger partial charge in [0.15, 0.2) is 5.69 Å².